The summed E-state index contributed by atoms with van der Waals surface area (Å²) >= 11 is 0. The van der Waals surface area contributed by atoms with Gasteiger partial charge in [-0.1, -0.05) is 36.4 Å². The van der Waals surface area contributed by atoms with Crippen molar-refractivity contribution < 1.29 is 9.13 Å². The van der Waals surface area contributed by atoms with Crippen molar-refractivity contribution in [2.45, 2.75) is 19.0 Å². The highest BCUT2D eigenvalue weighted by molar-refractivity contribution is 5.36. The Labute approximate surface area is 146 Å². The number of fused-ring (bicyclic) bond motifs is 1. The Morgan fingerprint density at radius 2 is 2.04 bits per heavy atom. The zero-order chi connectivity index (χ0) is 17.2. The molecule has 1 aromatic heterocycles. The van der Waals surface area contributed by atoms with Gasteiger partial charge in [-0.3, -0.25) is 4.90 Å². The lowest BCUT2D eigenvalue weighted by molar-refractivity contribution is 0.221. The van der Waals surface area contributed by atoms with E-state index in [0.717, 1.165) is 24.5 Å². The van der Waals surface area contributed by atoms with Crippen LogP contribution in [0.3, 0.4) is 0 Å². The molecule has 0 fully saturated rings. The van der Waals surface area contributed by atoms with Crippen molar-refractivity contribution in [2.75, 3.05) is 13.7 Å². The first-order valence-electron chi connectivity index (χ1n) is 8.37. The summed E-state index contributed by atoms with van der Waals surface area (Å²) in [4.78, 5) is 10.0. The van der Waals surface area contributed by atoms with Crippen LogP contribution in [0, 0.1) is 5.82 Å². The van der Waals surface area contributed by atoms with Crippen LogP contribution in [-0.4, -0.2) is 28.5 Å². The van der Waals surface area contributed by atoms with E-state index < -0.39 is 0 Å². The average molecular weight is 337 g/mol. The number of nitrogens with one attached hydrogen (secondary N) is 1. The molecular weight excluding hydrogens is 317 g/mol. The molecule has 0 radical (unpaired) electrons. The average Bonchev–Trinajstić information content (AvgIpc) is 3.12. The first-order valence-corrected chi connectivity index (χ1v) is 8.37. The number of hydrogen-bond acceptors (Lipinski definition) is 3. The maximum Gasteiger partial charge on any atom is 0.131 e. The quantitative estimate of drug-likeness (QED) is 0.789. The molecule has 1 atom stereocenters. The van der Waals surface area contributed by atoms with E-state index in [2.05, 4.69) is 27.0 Å². The zero-order valence-corrected chi connectivity index (χ0v) is 14.1. The van der Waals surface area contributed by atoms with Gasteiger partial charge in [-0.15, -0.1) is 0 Å². The molecule has 1 aliphatic rings. The van der Waals surface area contributed by atoms with Crippen molar-refractivity contribution in [3.63, 3.8) is 0 Å². The van der Waals surface area contributed by atoms with Gasteiger partial charge in [0.15, 0.2) is 0 Å². The summed E-state index contributed by atoms with van der Waals surface area (Å²) in [5, 5.41) is 0. The number of ether oxygens (including phenoxy) is 1. The lowest BCUT2D eigenvalue weighted by Crippen LogP contribution is -2.34. The maximum absolute atomic E-state index is 14.3. The predicted molar refractivity (Wildman–Crippen MR) is 93.9 cm³/mol. The van der Waals surface area contributed by atoms with Crippen molar-refractivity contribution in [1.29, 1.82) is 0 Å². The molecule has 1 aliphatic heterocycles. The van der Waals surface area contributed by atoms with E-state index in [0.29, 0.717) is 17.9 Å². The highest BCUT2D eigenvalue weighted by Crippen LogP contribution is 2.33. The van der Waals surface area contributed by atoms with Gasteiger partial charge in [-0.05, 0) is 17.7 Å². The number of aromatic nitrogens is 2. The Balaban J connectivity index is 1.65. The predicted octanol–water partition coefficient (Wildman–Crippen LogP) is 3.71. The molecule has 25 heavy (non-hydrogen) atoms. The van der Waals surface area contributed by atoms with Gasteiger partial charge in [0.05, 0.1) is 24.8 Å². The SMILES string of the molecule is COc1cccc(F)c1CN1Cc2[nH]cnc2C(c2ccccc2)C1. The minimum atomic E-state index is -0.231. The summed E-state index contributed by atoms with van der Waals surface area (Å²) in [6, 6.07) is 15.3. The summed E-state index contributed by atoms with van der Waals surface area (Å²) in [7, 11) is 1.58. The van der Waals surface area contributed by atoms with Crippen LogP contribution in [0.2, 0.25) is 0 Å². The number of benzene rings is 2. The van der Waals surface area contributed by atoms with E-state index in [1.165, 1.54) is 11.6 Å². The molecule has 0 spiro atoms. The van der Waals surface area contributed by atoms with Gasteiger partial charge in [0, 0.05) is 31.1 Å². The number of nitrogens with zero attached hydrogens (tertiary/aromatic N) is 2. The third-order valence-corrected chi connectivity index (χ3v) is 4.78. The fourth-order valence-corrected chi connectivity index (χ4v) is 3.57. The Morgan fingerprint density at radius 3 is 2.84 bits per heavy atom. The second-order valence-electron chi connectivity index (χ2n) is 6.32. The van der Waals surface area contributed by atoms with Crippen molar-refractivity contribution in [2.24, 2.45) is 0 Å². The van der Waals surface area contributed by atoms with Crippen LogP contribution in [0.15, 0.2) is 54.9 Å². The Bertz CT molecular complexity index is 862. The minimum absolute atomic E-state index is 0.175. The van der Waals surface area contributed by atoms with E-state index in [1.54, 1.807) is 25.6 Å². The van der Waals surface area contributed by atoms with Crippen molar-refractivity contribution >= 4 is 0 Å². The van der Waals surface area contributed by atoms with E-state index >= 15 is 0 Å². The molecule has 1 unspecified atom stereocenters. The number of halogens is 1. The molecule has 4 rings (SSSR count). The van der Waals surface area contributed by atoms with Crippen molar-refractivity contribution in [3.05, 3.63) is 83.2 Å². The molecule has 0 amide bonds. The highest BCUT2D eigenvalue weighted by atomic mass is 19.1. The third kappa shape index (κ3) is 3.03. The first kappa shape index (κ1) is 15.8. The second-order valence-corrected chi connectivity index (χ2v) is 6.32. The number of hydrogen-bond donors (Lipinski definition) is 1. The summed E-state index contributed by atoms with van der Waals surface area (Å²) in [6.07, 6.45) is 1.74. The lowest BCUT2D eigenvalue weighted by Gasteiger charge is -2.32. The summed E-state index contributed by atoms with van der Waals surface area (Å²) in [5.41, 5.74) is 4.00. The number of imidazole rings is 1. The molecule has 4 nitrogen and oxygen atoms in total. The third-order valence-electron chi connectivity index (χ3n) is 4.78. The molecule has 5 heteroatoms. The van der Waals surface area contributed by atoms with E-state index in [4.69, 9.17) is 4.74 Å². The Hall–Kier alpha value is -2.66. The Morgan fingerprint density at radius 1 is 1.20 bits per heavy atom. The summed E-state index contributed by atoms with van der Waals surface area (Å²) in [5.74, 6) is 0.534. The van der Waals surface area contributed by atoms with E-state index in [1.807, 2.05) is 18.2 Å². The van der Waals surface area contributed by atoms with Gasteiger partial charge in [0.25, 0.3) is 0 Å². The first-order chi connectivity index (χ1) is 12.3. The molecule has 2 aromatic carbocycles. The zero-order valence-electron chi connectivity index (χ0n) is 14.1. The van der Waals surface area contributed by atoms with Gasteiger partial charge in [-0.25, -0.2) is 9.37 Å². The molecular formula is C20H20FN3O. The van der Waals surface area contributed by atoms with Crippen LogP contribution >= 0.6 is 0 Å². The van der Waals surface area contributed by atoms with Gasteiger partial charge >= 0.3 is 0 Å². The fourth-order valence-electron chi connectivity index (χ4n) is 3.57. The molecule has 0 saturated carbocycles. The highest BCUT2D eigenvalue weighted by Gasteiger charge is 2.29. The van der Waals surface area contributed by atoms with E-state index in [9.17, 15) is 4.39 Å². The maximum atomic E-state index is 14.3. The largest absolute Gasteiger partial charge is 0.496 e. The smallest absolute Gasteiger partial charge is 0.131 e. The Kier molecular flexibility index (Phi) is 4.24. The van der Waals surface area contributed by atoms with Crippen LogP contribution < -0.4 is 4.74 Å². The van der Waals surface area contributed by atoms with Gasteiger partial charge in [-0.2, -0.15) is 0 Å². The second kappa shape index (κ2) is 6.69. The van der Waals surface area contributed by atoms with Gasteiger partial charge < -0.3 is 9.72 Å². The van der Waals surface area contributed by atoms with Crippen LogP contribution in [0.4, 0.5) is 4.39 Å². The number of methoxy groups -OCH3 is 1. The number of H-pyrrole nitrogens is 1. The van der Waals surface area contributed by atoms with Crippen LogP contribution in [-0.2, 0) is 13.1 Å². The molecule has 1 N–H and O–H groups in total. The van der Waals surface area contributed by atoms with Gasteiger partial charge in [0.2, 0.25) is 0 Å². The monoisotopic (exact) mass is 337 g/mol. The van der Waals surface area contributed by atoms with Crippen LogP contribution in [0.25, 0.3) is 0 Å². The minimum Gasteiger partial charge on any atom is -0.496 e. The number of aromatic amines is 1. The van der Waals surface area contributed by atoms with Crippen LogP contribution in [0.5, 0.6) is 5.75 Å². The summed E-state index contributed by atoms with van der Waals surface area (Å²) in [6.45, 7) is 2.01. The van der Waals surface area contributed by atoms with Crippen LogP contribution in [0.1, 0.15) is 28.4 Å². The van der Waals surface area contributed by atoms with Crippen molar-refractivity contribution in [3.8, 4) is 5.75 Å². The number of rotatable bonds is 4. The van der Waals surface area contributed by atoms with Crippen molar-refractivity contribution in [1.82, 2.24) is 14.9 Å². The standard InChI is InChI=1S/C20H20FN3O/c1-25-19-9-5-8-17(21)16(19)11-24-10-15(14-6-3-2-4-7-14)20-18(12-24)22-13-23-20/h2-9,13,15H,10-12H2,1H3,(H,22,23). The molecule has 2 heterocycles. The van der Waals surface area contributed by atoms with Gasteiger partial charge in [0.1, 0.15) is 11.6 Å². The molecule has 3 aromatic rings. The molecule has 128 valence electrons. The molecule has 0 bridgehead atoms. The summed E-state index contributed by atoms with van der Waals surface area (Å²) < 4.78 is 19.7. The fraction of sp³-hybridized carbons (Fsp3) is 0.250. The normalized spacial score (nSPS) is 17.3. The topological polar surface area (TPSA) is 41.1 Å². The molecule has 0 saturated heterocycles. The molecule has 0 aliphatic carbocycles. The lowest BCUT2D eigenvalue weighted by atomic mass is 9.90. The van der Waals surface area contributed by atoms with E-state index in [-0.39, 0.29) is 11.7 Å².